The van der Waals surface area contributed by atoms with Gasteiger partial charge in [-0.1, -0.05) is 0 Å². The van der Waals surface area contributed by atoms with Gasteiger partial charge in [0.15, 0.2) is 6.79 Å². The van der Waals surface area contributed by atoms with Crippen molar-refractivity contribution in [3.8, 4) is 5.75 Å². The summed E-state index contributed by atoms with van der Waals surface area (Å²) < 4.78 is 57.1. The van der Waals surface area contributed by atoms with Crippen LogP contribution in [0.1, 0.15) is 5.56 Å². The van der Waals surface area contributed by atoms with Gasteiger partial charge in [-0.3, -0.25) is 0 Å². The van der Waals surface area contributed by atoms with Crippen molar-refractivity contribution in [2.75, 3.05) is 13.4 Å². The van der Waals surface area contributed by atoms with E-state index in [0.29, 0.717) is 5.56 Å². The Morgan fingerprint density at radius 2 is 1.88 bits per heavy atom. The number of ether oxygens (including phenoxy) is 2. The monoisotopic (exact) mass is 272 g/mol. The second kappa shape index (κ2) is 6.07. The average molecular weight is 273 g/mol. The molecule has 0 bridgehead atoms. The van der Waals surface area contributed by atoms with E-state index in [-0.39, 0.29) is 11.6 Å². The van der Waals surface area contributed by atoms with Gasteiger partial charge in [-0.2, -0.15) is 13.2 Å². The van der Waals surface area contributed by atoms with Gasteiger partial charge in [0.2, 0.25) is 0 Å². The summed E-state index contributed by atoms with van der Waals surface area (Å²) in [6.45, 7) is -2.02. The van der Waals surface area contributed by atoms with E-state index in [1.807, 2.05) is 0 Å². The molecule has 2 nitrogen and oxygen atoms in total. The topological polar surface area (TPSA) is 18.5 Å². The third kappa shape index (κ3) is 5.74. The van der Waals surface area contributed by atoms with E-state index < -0.39 is 25.4 Å². The fourth-order valence-electron chi connectivity index (χ4n) is 1.05. The first-order chi connectivity index (χ1) is 7.90. The lowest BCUT2D eigenvalue weighted by Crippen LogP contribution is -2.19. The van der Waals surface area contributed by atoms with Crippen molar-refractivity contribution in [3.05, 3.63) is 29.6 Å². The molecule has 1 rings (SSSR count). The van der Waals surface area contributed by atoms with E-state index in [4.69, 9.17) is 16.3 Å². The van der Waals surface area contributed by atoms with Crippen LogP contribution < -0.4 is 4.74 Å². The summed E-state index contributed by atoms with van der Waals surface area (Å²) in [6, 6.07) is 3.66. The van der Waals surface area contributed by atoms with Crippen LogP contribution in [0, 0.1) is 5.82 Å². The maximum Gasteiger partial charge on any atom is 0.411 e. The van der Waals surface area contributed by atoms with Gasteiger partial charge in [-0.25, -0.2) is 4.39 Å². The summed E-state index contributed by atoms with van der Waals surface area (Å²) in [5, 5.41) is 0. The Kier molecular flexibility index (Phi) is 5.02. The average Bonchev–Trinajstić information content (AvgIpc) is 2.22. The van der Waals surface area contributed by atoms with Crippen molar-refractivity contribution in [1.29, 1.82) is 0 Å². The van der Waals surface area contributed by atoms with Crippen LogP contribution in [0.4, 0.5) is 17.6 Å². The Labute approximate surface area is 100 Å². The Morgan fingerprint density at radius 3 is 2.47 bits per heavy atom. The van der Waals surface area contributed by atoms with Crippen LogP contribution in [-0.2, 0) is 10.6 Å². The second-order valence-corrected chi connectivity index (χ2v) is 3.42. The highest BCUT2D eigenvalue weighted by Gasteiger charge is 2.27. The molecule has 0 radical (unpaired) electrons. The molecule has 0 saturated carbocycles. The molecule has 0 aliphatic heterocycles. The zero-order valence-electron chi connectivity index (χ0n) is 8.56. The molecule has 0 amide bonds. The smallest absolute Gasteiger partial charge is 0.411 e. The minimum Gasteiger partial charge on any atom is -0.467 e. The maximum atomic E-state index is 13.0. The first kappa shape index (κ1) is 14.1. The normalized spacial score (nSPS) is 11.6. The molecular weight excluding hydrogens is 264 g/mol. The van der Waals surface area contributed by atoms with Crippen molar-refractivity contribution >= 4 is 11.6 Å². The molecule has 0 aliphatic carbocycles. The predicted octanol–water partition coefficient (Wildman–Crippen LogP) is 3.48. The van der Waals surface area contributed by atoms with Crippen LogP contribution in [0.5, 0.6) is 5.75 Å². The number of alkyl halides is 4. The Bertz CT molecular complexity index is 368. The number of halogens is 5. The number of hydrogen-bond acceptors (Lipinski definition) is 2. The van der Waals surface area contributed by atoms with Gasteiger partial charge in [0.05, 0.1) is 0 Å². The van der Waals surface area contributed by atoms with E-state index >= 15 is 0 Å². The van der Waals surface area contributed by atoms with E-state index in [1.165, 1.54) is 12.1 Å². The van der Waals surface area contributed by atoms with Gasteiger partial charge >= 0.3 is 6.18 Å². The second-order valence-electron chi connectivity index (χ2n) is 3.15. The molecule has 0 atom stereocenters. The molecule has 0 heterocycles. The van der Waals surface area contributed by atoms with E-state index in [9.17, 15) is 17.6 Å². The lowest BCUT2D eigenvalue weighted by atomic mass is 10.2. The van der Waals surface area contributed by atoms with E-state index in [2.05, 4.69) is 4.74 Å². The van der Waals surface area contributed by atoms with Crippen LogP contribution in [0.2, 0.25) is 0 Å². The molecule has 0 fully saturated rings. The lowest BCUT2D eigenvalue weighted by molar-refractivity contribution is -0.186. The predicted molar refractivity (Wildman–Crippen MR) is 53.5 cm³/mol. The minimum absolute atomic E-state index is 0.0721. The molecule has 0 spiro atoms. The molecule has 17 heavy (non-hydrogen) atoms. The van der Waals surface area contributed by atoms with Crippen LogP contribution in [0.3, 0.4) is 0 Å². The standard InChI is InChI=1S/C10H9ClF4O2/c11-4-7-1-8(12)3-9(2-7)17-6-16-5-10(13,14)15/h1-3H,4-6H2. The molecule has 0 saturated heterocycles. The molecule has 1 aromatic rings. The van der Waals surface area contributed by atoms with Crippen LogP contribution in [-0.4, -0.2) is 19.6 Å². The van der Waals surface area contributed by atoms with Crippen molar-refractivity contribution in [3.63, 3.8) is 0 Å². The Balaban J connectivity index is 2.44. The summed E-state index contributed by atoms with van der Waals surface area (Å²) in [5.41, 5.74) is 0.470. The van der Waals surface area contributed by atoms with Crippen molar-refractivity contribution in [1.82, 2.24) is 0 Å². The molecule has 96 valence electrons. The van der Waals surface area contributed by atoms with Gasteiger partial charge in [0.1, 0.15) is 18.2 Å². The molecule has 0 aromatic heterocycles. The third-order valence-corrected chi connectivity index (χ3v) is 1.97. The lowest BCUT2D eigenvalue weighted by Gasteiger charge is -2.10. The summed E-state index contributed by atoms with van der Waals surface area (Å²) in [5.74, 6) is -0.422. The van der Waals surface area contributed by atoms with Gasteiger partial charge in [-0.15, -0.1) is 11.6 Å². The zero-order chi connectivity index (χ0) is 12.9. The van der Waals surface area contributed by atoms with E-state index in [0.717, 1.165) is 6.07 Å². The van der Waals surface area contributed by atoms with E-state index in [1.54, 1.807) is 0 Å². The van der Waals surface area contributed by atoms with Gasteiger partial charge in [0.25, 0.3) is 0 Å². The summed E-state index contributed by atoms with van der Waals surface area (Å²) in [7, 11) is 0. The maximum absolute atomic E-state index is 13.0. The first-order valence-corrected chi connectivity index (χ1v) is 5.07. The number of rotatable bonds is 5. The number of hydrogen-bond donors (Lipinski definition) is 0. The molecule has 7 heteroatoms. The van der Waals surface area contributed by atoms with Crippen LogP contribution in [0.25, 0.3) is 0 Å². The summed E-state index contributed by atoms with van der Waals surface area (Å²) >= 11 is 5.49. The largest absolute Gasteiger partial charge is 0.467 e. The quantitative estimate of drug-likeness (QED) is 0.354. The Hall–Kier alpha value is -1.01. The first-order valence-electron chi connectivity index (χ1n) is 4.53. The highest BCUT2D eigenvalue weighted by atomic mass is 35.5. The molecule has 0 unspecified atom stereocenters. The highest BCUT2D eigenvalue weighted by molar-refractivity contribution is 6.17. The molecule has 0 N–H and O–H groups in total. The third-order valence-electron chi connectivity index (χ3n) is 1.66. The van der Waals surface area contributed by atoms with Gasteiger partial charge in [0, 0.05) is 11.9 Å². The molecule has 1 aromatic carbocycles. The molecule has 0 aliphatic rings. The van der Waals surface area contributed by atoms with Gasteiger partial charge in [-0.05, 0) is 17.7 Å². The molecular formula is C10H9ClF4O2. The van der Waals surface area contributed by atoms with Gasteiger partial charge < -0.3 is 9.47 Å². The fraction of sp³-hybridized carbons (Fsp3) is 0.400. The Morgan fingerprint density at radius 1 is 1.18 bits per heavy atom. The summed E-state index contributed by atoms with van der Waals surface area (Å²) in [6.07, 6.45) is -4.41. The van der Waals surface area contributed by atoms with Crippen molar-refractivity contribution in [2.24, 2.45) is 0 Å². The highest BCUT2D eigenvalue weighted by Crippen LogP contribution is 2.18. The van der Waals surface area contributed by atoms with Crippen molar-refractivity contribution in [2.45, 2.75) is 12.1 Å². The van der Waals surface area contributed by atoms with Crippen LogP contribution in [0.15, 0.2) is 18.2 Å². The zero-order valence-corrected chi connectivity index (χ0v) is 9.32. The fourth-order valence-corrected chi connectivity index (χ4v) is 1.20. The van der Waals surface area contributed by atoms with Crippen LogP contribution >= 0.6 is 11.6 Å². The minimum atomic E-state index is -4.41. The number of benzene rings is 1. The van der Waals surface area contributed by atoms with Crippen molar-refractivity contribution < 1.29 is 27.0 Å². The SMILES string of the molecule is Fc1cc(CCl)cc(OCOCC(F)(F)F)c1. The summed E-state index contributed by atoms with van der Waals surface area (Å²) in [4.78, 5) is 0.